The number of ketones is 1. The van der Waals surface area contributed by atoms with Gasteiger partial charge in [-0.1, -0.05) is 20.8 Å². The molecule has 4 fully saturated rings. The maximum atomic E-state index is 13.1. The second-order valence-electron chi connectivity index (χ2n) is 15.7. The molecule has 246 valence electrons. The number of carbonyl (C=O) groups is 2. The predicted octanol–water partition coefficient (Wildman–Crippen LogP) is 5.55. The number of amides is 1. The summed E-state index contributed by atoms with van der Waals surface area (Å²) in [7, 11) is 0. The average molecular weight is 622 g/mol. The number of aryl methyl sites for hydroxylation is 1. The first-order chi connectivity index (χ1) is 21.2. The molecule has 0 spiro atoms. The van der Waals surface area contributed by atoms with E-state index in [-0.39, 0.29) is 46.9 Å². The molecule has 8 nitrogen and oxygen atoms in total. The van der Waals surface area contributed by atoms with Crippen molar-refractivity contribution in [1.82, 2.24) is 0 Å². The van der Waals surface area contributed by atoms with E-state index in [0.29, 0.717) is 53.3 Å². The number of fused-ring (bicyclic) bond motifs is 6. The van der Waals surface area contributed by atoms with Gasteiger partial charge in [-0.05, 0) is 129 Å². The molecule has 1 amide bonds. The summed E-state index contributed by atoms with van der Waals surface area (Å²) in [5.41, 5.74) is 1.54. The van der Waals surface area contributed by atoms with Crippen LogP contribution < -0.4 is 10.9 Å². The maximum absolute atomic E-state index is 13.1. The van der Waals surface area contributed by atoms with Crippen molar-refractivity contribution >= 4 is 28.3 Å². The lowest BCUT2D eigenvalue weighted by molar-refractivity contribution is -0.223. The lowest BCUT2D eigenvalue weighted by Crippen LogP contribution is -2.64. The molecule has 0 saturated heterocycles. The Balaban J connectivity index is 1.11. The van der Waals surface area contributed by atoms with Gasteiger partial charge in [-0.25, -0.2) is 4.79 Å². The molecule has 0 bridgehead atoms. The summed E-state index contributed by atoms with van der Waals surface area (Å²) in [5, 5.41) is 37.0. The molecule has 1 aromatic carbocycles. The SMILES string of the molecule is CC(=O)Cc1c(C)c2ccc(NC(=O)CCC(C)C3CCC4C5C(O)C(O)C6CC(O)CCC6(C)C5CCC34C)cc2oc1=O. The fourth-order valence-electron chi connectivity index (χ4n) is 10.9. The summed E-state index contributed by atoms with van der Waals surface area (Å²) in [6, 6.07) is 5.29. The largest absolute Gasteiger partial charge is 0.422 e. The van der Waals surface area contributed by atoms with Crippen molar-refractivity contribution in [3.05, 3.63) is 39.7 Å². The van der Waals surface area contributed by atoms with Crippen LogP contribution in [0.25, 0.3) is 11.0 Å². The summed E-state index contributed by atoms with van der Waals surface area (Å²) in [6.07, 6.45) is 5.77. The molecular formula is C37H51NO7. The molecule has 8 heteroatoms. The maximum Gasteiger partial charge on any atom is 0.340 e. The number of rotatable bonds is 7. The predicted molar refractivity (Wildman–Crippen MR) is 173 cm³/mol. The first-order valence-electron chi connectivity index (χ1n) is 17.1. The Kier molecular flexibility index (Phi) is 8.58. The van der Waals surface area contributed by atoms with Gasteiger partial charge >= 0.3 is 5.63 Å². The summed E-state index contributed by atoms with van der Waals surface area (Å²) in [4.78, 5) is 37.2. The van der Waals surface area contributed by atoms with Crippen molar-refractivity contribution < 1.29 is 29.3 Å². The highest BCUT2D eigenvalue weighted by molar-refractivity contribution is 5.94. The molecule has 11 unspecified atom stereocenters. The second-order valence-corrected chi connectivity index (χ2v) is 15.7. The summed E-state index contributed by atoms with van der Waals surface area (Å²) in [5.74, 6) is 1.33. The van der Waals surface area contributed by atoms with Gasteiger partial charge in [0.05, 0.1) is 18.3 Å². The van der Waals surface area contributed by atoms with Gasteiger partial charge in [0.1, 0.15) is 11.4 Å². The van der Waals surface area contributed by atoms with Crippen molar-refractivity contribution in [2.24, 2.45) is 46.3 Å². The van der Waals surface area contributed by atoms with Crippen LogP contribution in [0.5, 0.6) is 0 Å². The Morgan fingerprint density at radius 3 is 2.44 bits per heavy atom. The zero-order chi connectivity index (χ0) is 32.4. The minimum Gasteiger partial charge on any atom is -0.422 e. The summed E-state index contributed by atoms with van der Waals surface area (Å²) >= 11 is 0. The fraction of sp³-hybridized carbons (Fsp3) is 0.703. The Labute approximate surface area is 266 Å². The third-order valence-electron chi connectivity index (χ3n) is 13.3. The first-order valence-corrected chi connectivity index (χ1v) is 17.1. The molecule has 4 aliphatic rings. The minimum atomic E-state index is -0.789. The van der Waals surface area contributed by atoms with Crippen LogP contribution in [0.15, 0.2) is 27.4 Å². The van der Waals surface area contributed by atoms with Gasteiger partial charge in [-0.2, -0.15) is 0 Å². The Morgan fingerprint density at radius 2 is 1.71 bits per heavy atom. The van der Waals surface area contributed by atoms with E-state index in [0.717, 1.165) is 55.9 Å². The Bertz CT molecular complexity index is 1530. The van der Waals surface area contributed by atoms with Crippen molar-refractivity contribution in [3.63, 3.8) is 0 Å². The van der Waals surface area contributed by atoms with Gasteiger partial charge in [-0.3, -0.25) is 9.59 Å². The zero-order valence-corrected chi connectivity index (χ0v) is 27.5. The van der Waals surface area contributed by atoms with E-state index in [1.165, 1.54) is 6.92 Å². The average Bonchev–Trinajstić information content (AvgIpc) is 3.34. The molecule has 0 radical (unpaired) electrons. The van der Waals surface area contributed by atoms with Crippen LogP contribution in [0.2, 0.25) is 0 Å². The number of nitrogens with one attached hydrogen (secondary N) is 1. The van der Waals surface area contributed by atoms with E-state index < -0.39 is 17.8 Å². The van der Waals surface area contributed by atoms with E-state index in [2.05, 4.69) is 26.1 Å². The molecule has 45 heavy (non-hydrogen) atoms. The van der Waals surface area contributed by atoms with Crippen LogP contribution in [0.3, 0.4) is 0 Å². The molecule has 11 atom stereocenters. The minimum absolute atomic E-state index is 0.0379. The van der Waals surface area contributed by atoms with Crippen LogP contribution in [-0.2, 0) is 16.0 Å². The number of aliphatic hydroxyl groups is 3. The number of Topliss-reactive ketones (excluding diaryl/α,β-unsaturated/α-hetero) is 1. The van der Waals surface area contributed by atoms with Crippen molar-refractivity contribution in [3.8, 4) is 0 Å². The van der Waals surface area contributed by atoms with Crippen LogP contribution in [0.1, 0.15) is 96.6 Å². The van der Waals surface area contributed by atoms with E-state index >= 15 is 0 Å². The fourth-order valence-corrected chi connectivity index (χ4v) is 10.9. The van der Waals surface area contributed by atoms with Gasteiger partial charge < -0.3 is 25.1 Å². The molecule has 4 saturated carbocycles. The first kappa shape index (κ1) is 32.4. The van der Waals surface area contributed by atoms with Crippen LogP contribution >= 0.6 is 0 Å². The van der Waals surface area contributed by atoms with E-state index in [9.17, 15) is 29.7 Å². The molecule has 0 aliphatic heterocycles. The van der Waals surface area contributed by atoms with E-state index in [4.69, 9.17) is 4.42 Å². The Morgan fingerprint density at radius 1 is 1.00 bits per heavy atom. The van der Waals surface area contributed by atoms with Crippen molar-refractivity contribution in [2.45, 2.75) is 117 Å². The zero-order valence-electron chi connectivity index (χ0n) is 27.5. The van der Waals surface area contributed by atoms with Gasteiger partial charge in [-0.15, -0.1) is 0 Å². The van der Waals surface area contributed by atoms with E-state index in [1.54, 1.807) is 12.1 Å². The monoisotopic (exact) mass is 621 g/mol. The van der Waals surface area contributed by atoms with Crippen LogP contribution in [0, 0.1) is 53.3 Å². The number of aliphatic hydroxyl groups excluding tert-OH is 3. The van der Waals surface area contributed by atoms with Crippen LogP contribution in [-0.4, -0.2) is 45.3 Å². The van der Waals surface area contributed by atoms with Gasteiger partial charge in [0.25, 0.3) is 0 Å². The van der Waals surface area contributed by atoms with Crippen LogP contribution in [0.4, 0.5) is 5.69 Å². The molecular weight excluding hydrogens is 570 g/mol. The summed E-state index contributed by atoms with van der Waals surface area (Å²) < 4.78 is 5.51. The van der Waals surface area contributed by atoms with Gasteiger partial charge in [0.15, 0.2) is 0 Å². The lowest BCUT2D eigenvalue weighted by atomic mass is 9.43. The molecule has 4 aliphatic carbocycles. The highest BCUT2D eigenvalue weighted by atomic mass is 16.4. The highest BCUT2D eigenvalue weighted by Crippen LogP contribution is 2.68. The smallest absolute Gasteiger partial charge is 0.340 e. The van der Waals surface area contributed by atoms with Crippen molar-refractivity contribution in [2.75, 3.05) is 5.32 Å². The number of benzene rings is 1. The number of anilines is 1. The number of hydrogen-bond acceptors (Lipinski definition) is 7. The topological polar surface area (TPSA) is 137 Å². The third kappa shape index (κ3) is 5.48. The lowest BCUT2D eigenvalue weighted by Gasteiger charge is -2.63. The van der Waals surface area contributed by atoms with Crippen molar-refractivity contribution in [1.29, 1.82) is 0 Å². The van der Waals surface area contributed by atoms with E-state index in [1.807, 2.05) is 13.0 Å². The number of hydrogen-bond donors (Lipinski definition) is 4. The normalized spacial score (nSPS) is 38.2. The molecule has 1 heterocycles. The quantitative estimate of drug-likeness (QED) is 0.298. The molecule has 4 N–H and O–H groups in total. The summed E-state index contributed by atoms with van der Waals surface area (Å²) in [6.45, 7) is 10.2. The molecule has 2 aromatic rings. The third-order valence-corrected chi connectivity index (χ3v) is 13.3. The van der Waals surface area contributed by atoms with Gasteiger partial charge in [0.2, 0.25) is 5.91 Å². The van der Waals surface area contributed by atoms with Gasteiger partial charge in [0, 0.05) is 35.5 Å². The number of carbonyl (C=O) groups excluding carboxylic acids is 2. The highest BCUT2D eigenvalue weighted by Gasteiger charge is 2.65. The molecule has 6 rings (SSSR count). The Hall–Kier alpha value is -2.55. The standard InChI is InChI=1S/C37H51NO7/c1-19(6-11-31(41)38-22-7-8-24-21(3)25(16-20(2)39)35(44)45-30(24)17-22)26-9-10-27-32-28(13-15-36(26,27)4)37(5)14-12-23(40)18-29(37)33(42)34(32)43/h7-8,17,19,23,26-29,32-34,40,42-43H,6,9-16,18H2,1-5H3,(H,38,41). The second kappa shape index (κ2) is 11.9. The molecule has 1 aromatic heterocycles.